The van der Waals surface area contributed by atoms with Crippen LogP contribution in [0.15, 0.2) is 30.5 Å². The standard InChI is InChI=1S/C13H15N3O2/c1-2-3-4-10-5-7-11(8-6-10)16-12(13(17)18)9-14-15-16/h5-9H,2-4H2,1H3,(H,17,18). The molecule has 1 heterocycles. The lowest BCUT2D eigenvalue weighted by molar-refractivity contribution is 0.0687. The van der Waals surface area contributed by atoms with Gasteiger partial charge in [-0.1, -0.05) is 30.7 Å². The number of rotatable bonds is 5. The lowest BCUT2D eigenvalue weighted by atomic mass is 10.1. The molecule has 0 aliphatic heterocycles. The predicted molar refractivity (Wildman–Crippen MR) is 66.9 cm³/mol. The highest BCUT2D eigenvalue weighted by atomic mass is 16.4. The van der Waals surface area contributed by atoms with Gasteiger partial charge in [0, 0.05) is 0 Å². The minimum Gasteiger partial charge on any atom is -0.476 e. The second-order valence-corrected chi connectivity index (χ2v) is 4.11. The van der Waals surface area contributed by atoms with Crippen LogP contribution in [0.25, 0.3) is 5.69 Å². The average Bonchev–Trinajstić information content (AvgIpc) is 2.86. The van der Waals surface area contributed by atoms with E-state index in [1.165, 1.54) is 16.4 Å². The van der Waals surface area contributed by atoms with E-state index >= 15 is 0 Å². The number of unbranched alkanes of at least 4 members (excludes halogenated alkanes) is 1. The molecule has 0 spiro atoms. The maximum absolute atomic E-state index is 11.0. The molecular weight excluding hydrogens is 230 g/mol. The molecule has 0 atom stereocenters. The van der Waals surface area contributed by atoms with E-state index in [0.29, 0.717) is 5.69 Å². The van der Waals surface area contributed by atoms with E-state index in [4.69, 9.17) is 5.11 Å². The SMILES string of the molecule is CCCCc1ccc(-n2nncc2C(=O)O)cc1. The van der Waals surface area contributed by atoms with Crippen LogP contribution in [-0.4, -0.2) is 26.1 Å². The fourth-order valence-corrected chi connectivity index (χ4v) is 1.76. The summed E-state index contributed by atoms with van der Waals surface area (Å²) in [5.74, 6) is -1.03. The van der Waals surface area contributed by atoms with Gasteiger partial charge in [0.15, 0.2) is 5.69 Å². The van der Waals surface area contributed by atoms with Crippen molar-refractivity contribution in [3.05, 3.63) is 41.7 Å². The van der Waals surface area contributed by atoms with Gasteiger partial charge in [-0.2, -0.15) is 0 Å². The van der Waals surface area contributed by atoms with Crippen molar-refractivity contribution in [2.45, 2.75) is 26.2 Å². The van der Waals surface area contributed by atoms with Gasteiger partial charge in [-0.25, -0.2) is 9.48 Å². The first-order valence-electron chi connectivity index (χ1n) is 5.95. The number of aryl methyl sites for hydroxylation is 1. The molecule has 5 nitrogen and oxygen atoms in total. The number of carbonyl (C=O) groups is 1. The fourth-order valence-electron chi connectivity index (χ4n) is 1.76. The van der Waals surface area contributed by atoms with Gasteiger partial charge in [-0.05, 0) is 30.5 Å². The Morgan fingerprint density at radius 2 is 2.06 bits per heavy atom. The Hall–Kier alpha value is -2.17. The Kier molecular flexibility index (Phi) is 3.72. The summed E-state index contributed by atoms with van der Waals surface area (Å²) in [6.07, 6.45) is 4.60. The molecule has 0 saturated heterocycles. The third kappa shape index (κ3) is 2.56. The van der Waals surface area contributed by atoms with Gasteiger partial charge in [0.1, 0.15) is 0 Å². The maximum Gasteiger partial charge on any atom is 0.356 e. The average molecular weight is 245 g/mol. The van der Waals surface area contributed by atoms with E-state index in [0.717, 1.165) is 19.3 Å². The molecule has 18 heavy (non-hydrogen) atoms. The highest BCUT2D eigenvalue weighted by molar-refractivity contribution is 5.85. The van der Waals surface area contributed by atoms with E-state index in [9.17, 15) is 4.79 Å². The first-order chi connectivity index (χ1) is 8.72. The summed E-state index contributed by atoms with van der Waals surface area (Å²) >= 11 is 0. The van der Waals surface area contributed by atoms with Crippen molar-refractivity contribution >= 4 is 5.97 Å². The van der Waals surface area contributed by atoms with Crippen LogP contribution in [0, 0.1) is 0 Å². The van der Waals surface area contributed by atoms with E-state index in [1.54, 1.807) is 0 Å². The van der Waals surface area contributed by atoms with Crippen molar-refractivity contribution in [2.75, 3.05) is 0 Å². The fraction of sp³-hybridized carbons (Fsp3) is 0.308. The van der Waals surface area contributed by atoms with Crippen molar-refractivity contribution in [1.82, 2.24) is 15.0 Å². The highest BCUT2D eigenvalue weighted by Crippen LogP contribution is 2.12. The Morgan fingerprint density at radius 1 is 1.33 bits per heavy atom. The Labute approximate surface area is 105 Å². The summed E-state index contributed by atoms with van der Waals surface area (Å²) in [5.41, 5.74) is 2.03. The highest BCUT2D eigenvalue weighted by Gasteiger charge is 2.12. The predicted octanol–water partition coefficient (Wildman–Crippen LogP) is 2.31. The summed E-state index contributed by atoms with van der Waals surface area (Å²) in [5, 5.41) is 16.4. The number of aromatic carboxylic acids is 1. The Balaban J connectivity index is 2.23. The zero-order valence-corrected chi connectivity index (χ0v) is 10.2. The summed E-state index contributed by atoms with van der Waals surface area (Å²) in [6, 6.07) is 7.73. The van der Waals surface area contributed by atoms with Gasteiger partial charge in [-0.15, -0.1) is 5.10 Å². The van der Waals surface area contributed by atoms with E-state index < -0.39 is 5.97 Å². The minimum atomic E-state index is -1.03. The number of aromatic nitrogens is 3. The van der Waals surface area contributed by atoms with Crippen LogP contribution in [0.5, 0.6) is 0 Å². The van der Waals surface area contributed by atoms with Crippen LogP contribution >= 0.6 is 0 Å². The van der Waals surface area contributed by atoms with Crippen LogP contribution in [0.2, 0.25) is 0 Å². The summed E-state index contributed by atoms with van der Waals surface area (Å²) in [6.45, 7) is 2.16. The molecule has 0 aliphatic carbocycles. The van der Waals surface area contributed by atoms with E-state index in [-0.39, 0.29) is 5.69 Å². The molecule has 1 aromatic carbocycles. The molecular formula is C13H15N3O2. The van der Waals surface area contributed by atoms with Crippen molar-refractivity contribution < 1.29 is 9.90 Å². The van der Waals surface area contributed by atoms with Crippen LogP contribution in [0.4, 0.5) is 0 Å². The van der Waals surface area contributed by atoms with Gasteiger partial charge in [0.25, 0.3) is 0 Å². The lowest BCUT2D eigenvalue weighted by Crippen LogP contribution is -2.07. The van der Waals surface area contributed by atoms with Crippen molar-refractivity contribution in [3.63, 3.8) is 0 Å². The molecule has 0 amide bonds. The number of carboxylic acid groups (broad SMARTS) is 1. The van der Waals surface area contributed by atoms with Gasteiger partial charge in [-0.3, -0.25) is 0 Å². The molecule has 0 bridgehead atoms. The topological polar surface area (TPSA) is 68.0 Å². The van der Waals surface area contributed by atoms with Gasteiger partial charge in [0.05, 0.1) is 11.9 Å². The van der Waals surface area contributed by atoms with Crippen LogP contribution < -0.4 is 0 Å². The van der Waals surface area contributed by atoms with E-state index in [2.05, 4.69) is 17.2 Å². The molecule has 1 N–H and O–H groups in total. The molecule has 0 saturated carbocycles. The zero-order chi connectivity index (χ0) is 13.0. The van der Waals surface area contributed by atoms with Gasteiger partial charge >= 0.3 is 5.97 Å². The van der Waals surface area contributed by atoms with Crippen molar-refractivity contribution in [2.24, 2.45) is 0 Å². The molecule has 2 rings (SSSR count). The quantitative estimate of drug-likeness (QED) is 0.877. The second kappa shape index (κ2) is 5.44. The second-order valence-electron chi connectivity index (χ2n) is 4.11. The number of carboxylic acids is 1. The number of hydrogen-bond acceptors (Lipinski definition) is 3. The molecule has 1 aromatic heterocycles. The summed E-state index contributed by atoms with van der Waals surface area (Å²) < 4.78 is 1.33. The maximum atomic E-state index is 11.0. The third-order valence-corrected chi connectivity index (χ3v) is 2.77. The van der Waals surface area contributed by atoms with Crippen LogP contribution in [-0.2, 0) is 6.42 Å². The molecule has 94 valence electrons. The van der Waals surface area contributed by atoms with Crippen molar-refractivity contribution in [1.29, 1.82) is 0 Å². The van der Waals surface area contributed by atoms with Gasteiger partial charge < -0.3 is 5.11 Å². The molecule has 0 aliphatic rings. The van der Waals surface area contributed by atoms with Gasteiger partial charge in [0.2, 0.25) is 0 Å². The first kappa shape index (κ1) is 12.3. The number of hydrogen-bond donors (Lipinski definition) is 1. The van der Waals surface area contributed by atoms with Crippen LogP contribution in [0.1, 0.15) is 35.8 Å². The van der Waals surface area contributed by atoms with Crippen LogP contribution in [0.3, 0.4) is 0 Å². The normalized spacial score (nSPS) is 10.5. The zero-order valence-electron chi connectivity index (χ0n) is 10.2. The minimum absolute atomic E-state index is 0.0660. The molecule has 2 aromatic rings. The molecule has 0 unspecified atom stereocenters. The largest absolute Gasteiger partial charge is 0.476 e. The smallest absolute Gasteiger partial charge is 0.356 e. The first-order valence-corrected chi connectivity index (χ1v) is 5.95. The molecule has 0 fully saturated rings. The molecule has 5 heteroatoms. The Morgan fingerprint density at radius 3 is 2.67 bits per heavy atom. The Bertz CT molecular complexity index is 531. The lowest BCUT2D eigenvalue weighted by Gasteiger charge is -2.05. The monoisotopic (exact) mass is 245 g/mol. The third-order valence-electron chi connectivity index (χ3n) is 2.77. The number of benzene rings is 1. The van der Waals surface area contributed by atoms with Crippen molar-refractivity contribution in [3.8, 4) is 5.69 Å². The summed E-state index contributed by atoms with van der Waals surface area (Å²) in [4.78, 5) is 11.0. The number of nitrogens with zero attached hydrogens (tertiary/aromatic N) is 3. The molecule has 0 radical (unpaired) electrons. The summed E-state index contributed by atoms with van der Waals surface area (Å²) in [7, 11) is 0. The van der Waals surface area contributed by atoms with E-state index in [1.807, 2.05) is 24.3 Å².